The monoisotopic (exact) mass is 307 g/mol. The maximum atomic E-state index is 11.8. The van der Waals surface area contributed by atoms with Crippen molar-refractivity contribution in [1.29, 1.82) is 0 Å². The van der Waals surface area contributed by atoms with E-state index in [9.17, 15) is 9.90 Å². The summed E-state index contributed by atoms with van der Waals surface area (Å²) >= 11 is 0. The molecule has 1 atom stereocenters. The molecule has 0 aromatic heterocycles. The van der Waals surface area contributed by atoms with Crippen LogP contribution in [0.1, 0.15) is 31.4 Å². The molecule has 5 nitrogen and oxygen atoms in total. The molecular weight excluding hydrogens is 278 g/mol. The van der Waals surface area contributed by atoms with Gasteiger partial charge in [-0.2, -0.15) is 0 Å². The summed E-state index contributed by atoms with van der Waals surface area (Å²) in [6.45, 7) is 6.88. The largest absolute Gasteiger partial charge is 0.391 e. The van der Waals surface area contributed by atoms with Crippen molar-refractivity contribution in [2.24, 2.45) is 5.92 Å². The quantitative estimate of drug-likeness (QED) is 0.724. The van der Waals surface area contributed by atoms with Gasteiger partial charge in [0.15, 0.2) is 0 Å². The Hall–Kier alpha value is -1.75. The van der Waals surface area contributed by atoms with Crippen molar-refractivity contribution in [3.63, 3.8) is 0 Å². The smallest absolute Gasteiger partial charge is 0.315 e. The van der Waals surface area contributed by atoms with Gasteiger partial charge in [-0.3, -0.25) is 0 Å². The number of urea groups is 1. The maximum absolute atomic E-state index is 11.8. The lowest BCUT2D eigenvalue weighted by molar-refractivity contribution is 0.147. The standard InChI is InChI=1S/C17H29N3O2/c1-12(2)8-16(21)11-19-17(22)18-10-14-6-7-15(20(4)5)9-13(14)3/h6-7,9,12,16,21H,8,10-11H2,1-5H3,(H2,18,19,22). The Balaban J connectivity index is 2.41. The molecule has 0 spiro atoms. The topological polar surface area (TPSA) is 64.6 Å². The number of aliphatic hydroxyl groups is 1. The molecule has 22 heavy (non-hydrogen) atoms. The van der Waals surface area contributed by atoms with Crippen LogP contribution < -0.4 is 15.5 Å². The van der Waals surface area contributed by atoms with Gasteiger partial charge in [0.25, 0.3) is 0 Å². The molecule has 0 fully saturated rings. The Kier molecular flexibility index (Phi) is 7.18. The summed E-state index contributed by atoms with van der Waals surface area (Å²) < 4.78 is 0. The van der Waals surface area contributed by atoms with Crippen LogP contribution >= 0.6 is 0 Å². The Bertz CT molecular complexity index is 487. The number of amides is 2. The molecule has 1 aromatic carbocycles. The van der Waals surface area contributed by atoms with Crippen LogP contribution in [0.3, 0.4) is 0 Å². The van der Waals surface area contributed by atoms with Crippen molar-refractivity contribution in [1.82, 2.24) is 10.6 Å². The van der Waals surface area contributed by atoms with Gasteiger partial charge in [0.1, 0.15) is 0 Å². The molecule has 0 heterocycles. The molecule has 0 aliphatic carbocycles. The highest BCUT2D eigenvalue weighted by molar-refractivity contribution is 5.73. The summed E-state index contributed by atoms with van der Waals surface area (Å²) in [6, 6.07) is 5.91. The van der Waals surface area contributed by atoms with E-state index in [0.29, 0.717) is 18.9 Å². The minimum absolute atomic E-state index is 0.251. The normalized spacial score (nSPS) is 12.1. The number of nitrogens with one attached hydrogen (secondary N) is 2. The number of aryl methyl sites for hydroxylation is 1. The van der Waals surface area contributed by atoms with Crippen LogP contribution in [0.4, 0.5) is 10.5 Å². The van der Waals surface area contributed by atoms with Crippen LogP contribution in [0.2, 0.25) is 0 Å². The van der Waals surface area contributed by atoms with E-state index < -0.39 is 6.10 Å². The molecule has 124 valence electrons. The van der Waals surface area contributed by atoms with Crippen LogP contribution in [0.15, 0.2) is 18.2 Å². The third kappa shape index (κ3) is 6.35. The Morgan fingerprint density at radius 1 is 1.27 bits per heavy atom. The van der Waals surface area contributed by atoms with Crippen LogP contribution in [0, 0.1) is 12.8 Å². The first kappa shape index (κ1) is 18.3. The molecule has 0 aliphatic heterocycles. The number of anilines is 1. The van der Waals surface area contributed by atoms with Crippen molar-refractivity contribution in [3.8, 4) is 0 Å². The lowest BCUT2D eigenvalue weighted by atomic mass is 10.1. The second-order valence-corrected chi connectivity index (χ2v) is 6.35. The van der Waals surface area contributed by atoms with Gasteiger partial charge in [-0.05, 0) is 42.5 Å². The minimum atomic E-state index is -0.494. The number of carbonyl (C=O) groups is 1. The van der Waals surface area contributed by atoms with Gasteiger partial charge in [0.2, 0.25) is 0 Å². The zero-order valence-corrected chi connectivity index (χ0v) is 14.3. The van der Waals surface area contributed by atoms with Crippen molar-refractivity contribution < 1.29 is 9.90 Å². The highest BCUT2D eigenvalue weighted by Gasteiger charge is 2.09. The molecular formula is C17H29N3O2. The fourth-order valence-electron chi connectivity index (χ4n) is 2.23. The second kappa shape index (κ2) is 8.63. The summed E-state index contributed by atoms with van der Waals surface area (Å²) in [5.74, 6) is 0.415. The number of hydrogen-bond acceptors (Lipinski definition) is 3. The molecule has 0 radical (unpaired) electrons. The summed E-state index contributed by atoms with van der Waals surface area (Å²) in [7, 11) is 4.01. The molecule has 0 saturated heterocycles. The van der Waals surface area contributed by atoms with Crippen molar-refractivity contribution >= 4 is 11.7 Å². The van der Waals surface area contributed by atoms with Crippen LogP contribution in [0.5, 0.6) is 0 Å². The number of hydrogen-bond donors (Lipinski definition) is 3. The average molecular weight is 307 g/mol. The molecule has 3 N–H and O–H groups in total. The van der Waals surface area contributed by atoms with E-state index in [0.717, 1.165) is 16.8 Å². The van der Waals surface area contributed by atoms with E-state index >= 15 is 0 Å². The number of benzene rings is 1. The van der Waals surface area contributed by atoms with Crippen LogP contribution in [-0.2, 0) is 6.54 Å². The second-order valence-electron chi connectivity index (χ2n) is 6.35. The lowest BCUT2D eigenvalue weighted by Gasteiger charge is -2.16. The first-order chi connectivity index (χ1) is 10.3. The van der Waals surface area contributed by atoms with Gasteiger partial charge in [0.05, 0.1) is 6.10 Å². The molecule has 0 bridgehead atoms. The summed E-state index contributed by atoms with van der Waals surface area (Å²) in [6.07, 6.45) is 0.192. The molecule has 1 rings (SSSR count). The molecule has 2 amide bonds. The summed E-state index contributed by atoms with van der Waals surface area (Å²) in [4.78, 5) is 13.8. The lowest BCUT2D eigenvalue weighted by Crippen LogP contribution is -2.39. The number of rotatable bonds is 7. The maximum Gasteiger partial charge on any atom is 0.315 e. The first-order valence-corrected chi connectivity index (χ1v) is 7.76. The number of nitrogens with zero attached hydrogens (tertiary/aromatic N) is 1. The Morgan fingerprint density at radius 2 is 1.95 bits per heavy atom. The molecule has 1 aromatic rings. The van der Waals surface area contributed by atoms with Gasteiger partial charge in [0, 0.05) is 32.9 Å². The van der Waals surface area contributed by atoms with E-state index in [1.165, 1.54) is 0 Å². The number of carbonyl (C=O) groups excluding carboxylic acids is 1. The molecule has 0 saturated carbocycles. The van der Waals surface area contributed by atoms with E-state index in [-0.39, 0.29) is 12.6 Å². The number of aliphatic hydroxyl groups excluding tert-OH is 1. The average Bonchev–Trinajstić information content (AvgIpc) is 2.42. The molecule has 0 aliphatic rings. The summed E-state index contributed by atoms with van der Waals surface area (Å²) in [5, 5.41) is 15.3. The van der Waals surface area contributed by atoms with E-state index in [4.69, 9.17) is 0 Å². The summed E-state index contributed by atoms with van der Waals surface area (Å²) in [5.41, 5.74) is 3.37. The van der Waals surface area contributed by atoms with Crippen molar-refractivity contribution in [2.75, 3.05) is 25.5 Å². The van der Waals surface area contributed by atoms with E-state index in [1.54, 1.807) is 0 Å². The highest BCUT2D eigenvalue weighted by Crippen LogP contribution is 2.17. The van der Waals surface area contributed by atoms with E-state index in [1.807, 2.05) is 51.9 Å². The predicted molar refractivity (Wildman–Crippen MR) is 91.2 cm³/mol. The third-order valence-electron chi connectivity index (χ3n) is 3.52. The van der Waals surface area contributed by atoms with Crippen molar-refractivity contribution in [3.05, 3.63) is 29.3 Å². The van der Waals surface area contributed by atoms with Gasteiger partial charge >= 0.3 is 6.03 Å². The van der Waals surface area contributed by atoms with E-state index in [2.05, 4.69) is 16.7 Å². The first-order valence-electron chi connectivity index (χ1n) is 7.76. The fraction of sp³-hybridized carbons (Fsp3) is 0.588. The van der Waals surface area contributed by atoms with Gasteiger partial charge in [-0.25, -0.2) is 4.79 Å². The zero-order valence-electron chi connectivity index (χ0n) is 14.3. The Morgan fingerprint density at radius 3 is 2.50 bits per heavy atom. The van der Waals surface area contributed by atoms with Gasteiger partial charge in [-0.15, -0.1) is 0 Å². The predicted octanol–water partition coefficient (Wildman–Crippen LogP) is 2.27. The highest BCUT2D eigenvalue weighted by atomic mass is 16.3. The Labute approximate surface area is 133 Å². The molecule has 1 unspecified atom stereocenters. The van der Waals surface area contributed by atoms with Crippen LogP contribution in [-0.4, -0.2) is 37.9 Å². The zero-order chi connectivity index (χ0) is 16.7. The molecule has 5 heteroatoms. The van der Waals surface area contributed by atoms with Gasteiger partial charge in [-0.1, -0.05) is 19.9 Å². The third-order valence-corrected chi connectivity index (χ3v) is 3.52. The fourth-order valence-corrected chi connectivity index (χ4v) is 2.23. The van der Waals surface area contributed by atoms with Crippen molar-refractivity contribution in [2.45, 2.75) is 39.8 Å². The van der Waals surface area contributed by atoms with Gasteiger partial charge < -0.3 is 20.6 Å². The minimum Gasteiger partial charge on any atom is -0.391 e. The van der Waals surface area contributed by atoms with Crippen LogP contribution in [0.25, 0.3) is 0 Å². The SMILES string of the molecule is Cc1cc(N(C)C)ccc1CNC(=O)NCC(O)CC(C)C.